The molecule has 1 aliphatic heterocycles. The number of ether oxygens (including phenoxy) is 1. The number of anilines is 1. The van der Waals surface area contributed by atoms with E-state index in [0.717, 1.165) is 37.6 Å². The SMILES string of the molecule is COc1ccccc1N1CCN([C@@H](c2cccs2)[C@@H](C)NC(=O)C(C)(C)C)CC1. The molecule has 1 aromatic heterocycles. The third-order valence-electron chi connectivity index (χ3n) is 5.48. The Morgan fingerprint density at radius 2 is 1.79 bits per heavy atom. The second kappa shape index (κ2) is 9.18. The van der Waals surface area contributed by atoms with Crippen molar-refractivity contribution in [2.24, 2.45) is 5.41 Å². The van der Waals surface area contributed by atoms with E-state index in [1.165, 1.54) is 4.88 Å². The first-order valence-electron chi connectivity index (χ1n) is 10.3. The summed E-state index contributed by atoms with van der Waals surface area (Å²) in [6.45, 7) is 11.8. The molecule has 1 amide bonds. The normalized spacial score (nSPS) is 17.6. The molecule has 158 valence electrons. The average Bonchev–Trinajstić information content (AvgIpc) is 3.22. The Morgan fingerprint density at radius 1 is 1.10 bits per heavy atom. The molecule has 6 heteroatoms. The molecule has 5 nitrogen and oxygen atoms in total. The maximum Gasteiger partial charge on any atom is 0.225 e. The van der Waals surface area contributed by atoms with E-state index in [0.29, 0.717) is 0 Å². The van der Waals surface area contributed by atoms with Gasteiger partial charge >= 0.3 is 0 Å². The van der Waals surface area contributed by atoms with Crippen LogP contribution in [0.4, 0.5) is 5.69 Å². The van der Waals surface area contributed by atoms with Gasteiger partial charge in [0.05, 0.1) is 18.8 Å². The van der Waals surface area contributed by atoms with Crippen LogP contribution in [0.25, 0.3) is 0 Å². The molecule has 1 aliphatic rings. The fourth-order valence-electron chi connectivity index (χ4n) is 3.84. The summed E-state index contributed by atoms with van der Waals surface area (Å²) in [7, 11) is 1.72. The number of piperazine rings is 1. The topological polar surface area (TPSA) is 44.8 Å². The lowest BCUT2D eigenvalue weighted by Gasteiger charge is -2.42. The van der Waals surface area contributed by atoms with Crippen LogP contribution >= 0.6 is 11.3 Å². The Morgan fingerprint density at radius 3 is 2.38 bits per heavy atom. The summed E-state index contributed by atoms with van der Waals surface area (Å²) < 4.78 is 5.54. The molecule has 0 bridgehead atoms. The fourth-order valence-corrected chi connectivity index (χ4v) is 4.80. The zero-order valence-electron chi connectivity index (χ0n) is 18.1. The smallest absolute Gasteiger partial charge is 0.225 e. The van der Waals surface area contributed by atoms with Gasteiger partial charge in [0, 0.05) is 42.5 Å². The third-order valence-corrected chi connectivity index (χ3v) is 6.42. The summed E-state index contributed by atoms with van der Waals surface area (Å²) in [5, 5.41) is 5.38. The average molecular weight is 416 g/mol. The highest BCUT2D eigenvalue weighted by molar-refractivity contribution is 7.10. The molecule has 2 aromatic rings. The van der Waals surface area contributed by atoms with Crippen LogP contribution in [0.2, 0.25) is 0 Å². The monoisotopic (exact) mass is 415 g/mol. The minimum atomic E-state index is -0.392. The number of thiophene rings is 1. The molecule has 0 saturated carbocycles. The standard InChI is InChI=1S/C23H33N3O2S/c1-17(24-22(27)23(2,3)4)21(20-11-8-16-29-20)26-14-12-25(13-15-26)18-9-6-7-10-19(18)28-5/h6-11,16-17,21H,12-15H2,1-5H3,(H,24,27)/t17-,21-/m1/s1. The number of hydrogen-bond acceptors (Lipinski definition) is 5. The molecule has 1 N–H and O–H groups in total. The van der Waals surface area contributed by atoms with Gasteiger partial charge in [-0.05, 0) is 30.5 Å². The molecule has 2 atom stereocenters. The minimum absolute atomic E-state index is 0.0400. The van der Waals surface area contributed by atoms with E-state index in [1.54, 1.807) is 18.4 Å². The molecule has 29 heavy (non-hydrogen) atoms. The predicted octanol–water partition coefficient (Wildman–Crippen LogP) is 4.17. The Kier molecular flexibility index (Phi) is 6.85. The van der Waals surface area contributed by atoms with Gasteiger partial charge < -0.3 is 15.0 Å². The first kappa shape index (κ1) is 21.7. The Balaban J connectivity index is 1.73. The molecule has 1 aromatic carbocycles. The summed E-state index contributed by atoms with van der Waals surface area (Å²) in [6.07, 6.45) is 0. The minimum Gasteiger partial charge on any atom is -0.495 e. The maximum absolute atomic E-state index is 12.6. The highest BCUT2D eigenvalue weighted by atomic mass is 32.1. The fraction of sp³-hybridized carbons (Fsp3) is 0.522. The molecular weight excluding hydrogens is 382 g/mol. The Hall–Kier alpha value is -2.05. The van der Waals surface area contributed by atoms with Crippen molar-refractivity contribution in [3.63, 3.8) is 0 Å². The van der Waals surface area contributed by atoms with Crippen molar-refractivity contribution in [3.8, 4) is 5.75 Å². The van der Waals surface area contributed by atoms with Gasteiger partial charge in [0.1, 0.15) is 5.75 Å². The van der Waals surface area contributed by atoms with Crippen molar-refractivity contribution in [3.05, 3.63) is 46.7 Å². The summed E-state index contributed by atoms with van der Waals surface area (Å²) in [4.78, 5) is 18.8. The Bertz CT molecular complexity index is 793. The molecule has 3 rings (SSSR count). The molecule has 0 radical (unpaired) electrons. The van der Waals surface area contributed by atoms with Crippen molar-refractivity contribution in [1.29, 1.82) is 0 Å². The number of amides is 1. The molecule has 0 aliphatic carbocycles. The third kappa shape index (κ3) is 5.11. The number of benzene rings is 1. The molecular formula is C23H33N3O2S. The summed E-state index contributed by atoms with van der Waals surface area (Å²) in [5.74, 6) is 1.01. The van der Waals surface area contributed by atoms with Crippen LogP contribution in [-0.2, 0) is 4.79 Å². The number of nitrogens with one attached hydrogen (secondary N) is 1. The second-order valence-corrected chi connectivity index (χ2v) is 9.65. The van der Waals surface area contributed by atoms with Gasteiger partial charge in [-0.25, -0.2) is 0 Å². The highest BCUT2D eigenvalue weighted by Gasteiger charge is 2.33. The van der Waals surface area contributed by atoms with Gasteiger partial charge in [0.2, 0.25) is 5.91 Å². The number of para-hydroxylation sites is 2. The molecule has 0 spiro atoms. The van der Waals surface area contributed by atoms with Gasteiger partial charge in [-0.15, -0.1) is 11.3 Å². The number of carbonyl (C=O) groups is 1. The van der Waals surface area contributed by atoms with Gasteiger partial charge in [0.15, 0.2) is 0 Å². The predicted molar refractivity (Wildman–Crippen MR) is 121 cm³/mol. The number of rotatable bonds is 6. The first-order valence-corrected chi connectivity index (χ1v) is 11.2. The van der Waals surface area contributed by atoms with E-state index < -0.39 is 5.41 Å². The van der Waals surface area contributed by atoms with Crippen molar-refractivity contribution in [2.45, 2.75) is 39.8 Å². The highest BCUT2D eigenvalue weighted by Crippen LogP contribution is 2.33. The quantitative estimate of drug-likeness (QED) is 0.769. The second-order valence-electron chi connectivity index (χ2n) is 8.67. The lowest BCUT2D eigenvalue weighted by atomic mass is 9.94. The number of methoxy groups -OCH3 is 1. The number of hydrogen-bond donors (Lipinski definition) is 1. The van der Waals surface area contributed by atoms with Crippen LogP contribution in [-0.4, -0.2) is 50.1 Å². The maximum atomic E-state index is 12.6. The zero-order valence-corrected chi connectivity index (χ0v) is 19.0. The van der Waals surface area contributed by atoms with E-state index in [2.05, 4.69) is 51.7 Å². The van der Waals surface area contributed by atoms with Crippen molar-refractivity contribution < 1.29 is 9.53 Å². The van der Waals surface area contributed by atoms with Crippen LogP contribution in [0.5, 0.6) is 5.75 Å². The summed E-state index contributed by atoms with van der Waals surface area (Å²) in [6, 6.07) is 12.7. The molecule has 2 heterocycles. The van der Waals surface area contributed by atoms with Gasteiger partial charge in [-0.3, -0.25) is 9.69 Å². The van der Waals surface area contributed by atoms with Crippen molar-refractivity contribution in [2.75, 3.05) is 38.2 Å². The summed E-state index contributed by atoms with van der Waals surface area (Å²) >= 11 is 1.76. The van der Waals surface area contributed by atoms with Crippen LogP contribution in [0.1, 0.15) is 38.6 Å². The van der Waals surface area contributed by atoms with E-state index in [4.69, 9.17) is 4.74 Å². The number of carbonyl (C=O) groups excluding carboxylic acids is 1. The van der Waals surface area contributed by atoms with Crippen LogP contribution in [0.15, 0.2) is 41.8 Å². The van der Waals surface area contributed by atoms with Gasteiger partial charge in [0.25, 0.3) is 0 Å². The lowest BCUT2D eigenvalue weighted by molar-refractivity contribution is -0.129. The molecule has 1 fully saturated rings. The molecule has 0 unspecified atom stereocenters. The first-order chi connectivity index (χ1) is 13.8. The van der Waals surface area contributed by atoms with E-state index in [-0.39, 0.29) is 18.0 Å². The van der Waals surface area contributed by atoms with Crippen molar-refractivity contribution in [1.82, 2.24) is 10.2 Å². The molecule has 1 saturated heterocycles. The lowest BCUT2D eigenvalue weighted by Crippen LogP contribution is -2.53. The van der Waals surface area contributed by atoms with Crippen LogP contribution in [0, 0.1) is 5.41 Å². The Labute approximate surface area is 178 Å². The van der Waals surface area contributed by atoms with Gasteiger partial charge in [-0.2, -0.15) is 0 Å². The van der Waals surface area contributed by atoms with E-state index >= 15 is 0 Å². The van der Waals surface area contributed by atoms with E-state index in [1.807, 2.05) is 32.9 Å². The number of nitrogens with zero attached hydrogens (tertiary/aromatic N) is 2. The zero-order chi connectivity index (χ0) is 21.0. The van der Waals surface area contributed by atoms with Crippen molar-refractivity contribution >= 4 is 22.9 Å². The van der Waals surface area contributed by atoms with E-state index in [9.17, 15) is 4.79 Å². The van der Waals surface area contributed by atoms with Crippen LogP contribution in [0.3, 0.4) is 0 Å². The summed E-state index contributed by atoms with van der Waals surface area (Å²) in [5.41, 5.74) is 0.757. The van der Waals surface area contributed by atoms with Crippen LogP contribution < -0.4 is 15.0 Å². The van der Waals surface area contributed by atoms with Gasteiger partial charge in [-0.1, -0.05) is 39.0 Å². The largest absolute Gasteiger partial charge is 0.495 e.